The number of benzene rings is 1. The molecule has 0 saturated heterocycles. The number of sulfonamides is 1. The molecule has 0 atom stereocenters. The van der Waals surface area contributed by atoms with E-state index >= 15 is 0 Å². The van der Waals surface area contributed by atoms with Gasteiger partial charge in [-0.25, -0.2) is 17.5 Å². The van der Waals surface area contributed by atoms with E-state index in [-0.39, 0.29) is 28.3 Å². The molecule has 3 rings (SSSR count). The van der Waals surface area contributed by atoms with Crippen molar-refractivity contribution in [3.63, 3.8) is 0 Å². The Morgan fingerprint density at radius 1 is 1.19 bits per heavy atom. The van der Waals surface area contributed by atoms with Crippen molar-refractivity contribution in [3.05, 3.63) is 52.3 Å². The van der Waals surface area contributed by atoms with Crippen LogP contribution in [0.15, 0.2) is 29.2 Å². The van der Waals surface area contributed by atoms with Crippen LogP contribution >= 0.6 is 0 Å². The molecule has 1 aromatic heterocycles. The summed E-state index contributed by atoms with van der Waals surface area (Å²) in [4.78, 5) is 39.9. The number of esters is 1. The summed E-state index contributed by atoms with van der Waals surface area (Å²) in [6.45, 7) is 4.38. The first-order valence-electron chi connectivity index (χ1n) is 8.25. The fraction of sp³-hybridized carbons (Fsp3) is 0.278. The van der Waals surface area contributed by atoms with Crippen molar-refractivity contribution in [1.82, 2.24) is 9.29 Å². The second-order valence-corrected chi connectivity index (χ2v) is 7.91. The van der Waals surface area contributed by atoms with Gasteiger partial charge in [-0.15, -0.1) is 0 Å². The van der Waals surface area contributed by atoms with Gasteiger partial charge in [0.2, 0.25) is 0 Å². The number of aryl methyl sites for hydroxylation is 1. The fourth-order valence-electron chi connectivity index (χ4n) is 3.14. The minimum Gasteiger partial charge on any atom is -0.462 e. The molecule has 1 amide bonds. The summed E-state index contributed by atoms with van der Waals surface area (Å²) in [7, 11) is -4.08. The van der Waals surface area contributed by atoms with Crippen LogP contribution in [0, 0.1) is 13.8 Å². The number of carbonyl (C=O) groups is 3. The number of hydrogen-bond acceptors (Lipinski definition) is 6. The number of amides is 1. The number of Topliss-reactive ketones (excluding diaryl/α,β-unsaturated/α-hetero) is 1. The predicted molar refractivity (Wildman–Crippen MR) is 95.2 cm³/mol. The van der Waals surface area contributed by atoms with Gasteiger partial charge in [0.15, 0.2) is 5.78 Å². The summed E-state index contributed by atoms with van der Waals surface area (Å²) in [5, 5.41) is 0. The molecule has 0 fully saturated rings. The zero-order valence-electron chi connectivity index (χ0n) is 15.0. The Bertz CT molecular complexity index is 1070. The van der Waals surface area contributed by atoms with Crippen LogP contribution in [0.1, 0.15) is 49.4 Å². The van der Waals surface area contributed by atoms with Gasteiger partial charge in [-0.05, 0) is 38.5 Å². The third-order valence-corrected chi connectivity index (χ3v) is 6.18. The Morgan fingerprint density at radius 2 is 1.85 bits per heavy atom. The van der Waals surface area contributed by atoms with E-state index in [2.05, 4.69) is 4.98 Å². The number of nitrogens with zero attached hydrogens (tertiary/aromatic N) is 1. The van der Waals surface area contributed by atoms with E-state index < -0.39 is 34.2 Å². The van der Waals surface area contributed by atoms with Gasteiger partial charge in [0.05, 0.1) is 23.4 Å². The first-order valence-corrected chi connectivity index (χ1v) is 9.69. The van der Waals surface area contributed by atoms with Crippen LogP contribution in [0.3, 0.4) is 0 Å². The molecule has 0 saturated carbocycles. The summed E-state index contributed by atoms with van der Waals surface area (Å²) >= 11 is 0. The van der Waals surface area contributed by atoms with Crippen LogP contribution in [0.5, 0.6) is 0 Å². The Labute approximate surface area is 156 Å². The molecule has 1 aliphatic rings. The number of ketones is 1. The van der Waals surface area contributed by atoms with Gasteiger partial charge in [-0.3, -0.25) is 9.59 Å². The first kappa shape index (κ1) is 18.8. The lowest BCUT2D eigenvalue weighted by atomic mass is 10.1. The van der Waals surface area contributed by atoms with Crippen molar-refractivity contribution in [2.45, 2.75) is 25.7 Å². The van der Waals surface area contributed by atoms with E-state index in [1.54, 1.807) is 26.8 Å². The molecular formula is C18H18N2O6S. The smallest absolute Gasteiger partial charge is 0.340 e. The largest absolute Gasteiger partial charge is 0.462 e. The van der Waals surface area contributed by atoms with E-state index in [0.717, 1.165) is 0 Å². The van der Waals surface area contributed by atoms with E-state index in [9.17, 15) is 22.8 Å². The lowest BCUT2D eigenvalue weighted by Crippen LogP contribution is -2.35. The summed E-state index contributed by atoms with van der Waals surface area (Å²) in [5.41, 5.74) is 1.15. The standard InChI is InChI=1S/C18H18N2O6S/c1-4-26-18(23)15-10(2)16(19-11(15)3)13(21)9-20-17(22)12-7-5-6-8-14(12)27(20,24)25/h5-8,19H,4,9H2,1-3H3. The molecule has 0 aliphatic carbocycles. The SMILES string of the molecule is CCOC(=O)c1c(C)[nH]c(C(=O)CN2C(=O)c3ccccc3S2(=O)=O)c1C. The van der Waals surface area contributed by atoms with Gasteiger partial charge in [0.1, 0.15) is 11.4 Å². The minimum absolute atomic E-state index is 0.0388. The molecule has 1 aliphatic heterocycles. The number of hydrogen-bond donors (Lipinski definition) is 1. The quantitative estimate of drug-likeness (QED) is 0.615. The molecule has 1 aromatic carbocycles. The van der Waals surface area contributed by atoms with E-state index in [1.165, 1.54) is 18.2 Å². The number of H-pyrrole nitrogens is 1. The molecule has 0 unspecified atom stereocenters. The zero-order chi connectivity index (χ0) is 19.9. The van der Waals surface area contributed by atoms with Gasteiger partial charge < -0.3 is 9.72 Å². The molecule has 9 heteroatoms. The van der Waals surface area contributed by atoms with Gasteiger partial charge in [0.25, 0.3) is 15.9 Å². The molecule has 142 valence electrons. The van der Waals surface area contributed by atoms with Crippen molar-refractivity contribution >= 4 is 27.7 Å². The van der Waals surface area contributed by atoms with Crippen LogP contribution in [-0.4, -0.2) is 48.5 Å². The van der Waals surface area contributed by atoms with Gasteiger partial charge in [-0.2, -0.15) is 0 Å². The molecule has 0 spiro atoms. The molecule has 1 N–H and O–H groups in total. The number of fused-ring (bicyclic) bond motifs is 1. The monoisotopic (exact) mass is 390 g/mol. The van der Waals surface area contributed by atoms with Crippen LogP contribution < -0.4 is 0 Å². The molecule has 2 aromatic rings. The van der Waals surface area contributed by atoms with Crippen LogP contribution in [0.4, 0.5) is 0 Å². The summed E-state index contributed by atoms with van der Waals surface area (Å²) < 4.78 is 30.7. The number of aromatic nitrogens is 1. The first-order chi connectivity index (χ1) is 12.7. The predicted octanol–water partition coefficient (Wildman–Crippen LogP) is 1.84. The maximum atomic E-state index is 12.7. The lowest BCUT2D eigenvalue weighted by Gasteiger charge is -2.14. The summed E-state index contributed by atoms with van der Waals surface area (Å²) in [5.74, 6) is -1.93. The van der Waals surface area contributed by atoms with Gasteiger partial charge in [-0.1, -0.05) is 12.1 Å². The topological polar surface area (TPSA) is 114 Å². The highest BCUT2D eigenvalue weighted by atomic mass is 32.2. The van der Waals surface area contributed by atoms with Crippen molar-refractivity contribution in [2.75, 3.05) is 13.2 Å². The van der Waals surface area contributed by atoms with Crippen molar-refractivity contribution in [2.24, 2.45) is 0 Å². The maximum Gasteiger partial charge on any atom is 0.340 e. The van der Waals surface area contributed by atoms with Crippen LogP contribution in [0.2, 0.25) is 0 Å². The number of carbonyl (C=O) groups excluding carboxylic acids is 3. The third-order valence-electron chi connectivity index (χ3n) is 4.40. The average Bonchev–Trinajstić information content (AvgIpc) is 3.02. The summed E-state index contributed by atoms with van der Waals surface area (Å²) in [6, 6.07) is 5.80. The molecule has 8 nitrogen and oxygen atoms in total. The van der Waals surface area contributed by atoms with Crippen LogP contribution in [-0.2, 0) is 14.8 Å². The number of nitrogens with one attached hydrogen (secondary N) is 1. The Balaban J connectivity index is 1.93. The minimum atomic E-state index is -4.08. The second kappa shape index (κ2) is 6.66. The molecule has 0 radical (unpaired) electrons. The Morgan fingerprint density at radius 3 is 2.48 bits per heavy atom. The maximum absolute atomic E-state index is 12.7. The number of aromatic amines is 1. The average molecular weight is 390 g/mol. The summed E-state index contributed by atoms with van der Waals surface area (Å²) in [6.07, 6.45) is 0. The fourth-order valence-corrected chi connectivity index (χ4v) is 4.66. The van der Waals surface area contributed by atoms with Gasteiger partial charge in [0, 0.05) is 5.69 Å². The van der Waals surface area contributed by atoms with Crippen molar-refractivity contribution in [3.8, 4) is 0 Å². The molecule has 0 bridgehead atoms. The highest BCUT2D eigenvalue weighted by Gasteiger charge is 2.42. The van der Waals surface area contributed by atoms with E-state index in [0.29, 0.717) is 15.6 Å². The van der Waals surface area contributed by atoms with Gasteiger partial charge >= 0.3 is 5.97 Å². The van der Waals surface area contributed by atoms with E-state index in [4.69, 9.17) is 4.74 Å². The highest BCUT2D eigenvalue weighted by Crippen LogP contribution is 2.30. The Kier molecular flexibility index (Phi) is 4.64. The number of ether oxygens (including phenoxy) is 1. The molecule has 27 heavy (non-hydrogen) atoms. The van der Waals surface area contributed by atoms with E-state index in [1.807, 2.05) is 0 Å². The highest BCUT2D eigenvalue weighted by molar-refractivity contribution is 7.90. The Hall–Kier alpha value is -2.94. The van der Waals surface area contributed by atoms with Crippen molar-refractivity contribution in [1.29, 1.82) is 0 Å². The zero-order valence-corrected chi connectivity index (χ0v) is 15.8. The van der Waals surface area contributed by atoms with Crippen molar-refractivity contribution < 1.29 is 27.5 Å². The lowest BCUT2D eigenvalue weighted by molar-refractivity contribution is 0.0524. The molecule has 2 heterocycles. The molecular weight excluding hydrogens is 372 g/mol. The number of rotatable bonds is 5. The third kappa shape index (κ3) is 2.93. The second-order valence-electron chi connectivity index (χ2n) is 6.08. The van der Waals surface area contributed by atoms with Crippen LogP contribution in [0.25, 0.3) is 0 Å². The normalized spacial score (nSPS) is 14.9.